The van der Waals surface area contributed by atoms with Gasteiger partial charge in [0.15, 0.2) is 0 Å². The molecule has 0 aliphatic heterocycles. The highest BCUT2D eigenvalue weighted by molar-refractivity contribution is 5.81. The van der Waals surface area contributed by atoms with E-state index < -0.39 is 4.92 Å². The fourth-order valence-corrected chi connectivity index (χ4v) is 1.55. The van der Waals surface area contributed by atoms with Crippen LogP contribution in [-0.4, -0.2) is 36.0 Å². The first kappa shape index (κ1) is 16.6. The van der Waals surface area contributed by atoms with Crippen molar-refractivity contribution in [3.05, 3.63) is 22.2 Å². The summed E-state index contributed by atoms with van der Waals surface area (Å²) in [6, 6.07) is 2.51. The maximum Gasteiger partial charge on any atom is 0.276 e. The third-order valence-electron chi connectivity index (χ3n) is 2.63. The number of nitrogen functional groups attached to an aromatic ring is 1. The SMILES string of the molecule is CC(C)CNC(=O)CN(C)c1cc([N+](=O)[O-])cc(NN)n1. The summed E-state index contributed by atoms with van der Waals surface area (Å²) in [6.07, 6.45) is 0. The van der Waals surface area contributed by atoms with Crippen molar-refractivity contribution in [3.8, 4) is 0 Å². The van der Waals surface area contributed by atoms with Gasteiger partial charge in [0.2, 0.25) is 5.91 Å². The highest BCUT2D eigenvalue weighted by Gasteiger charge is 2.15. The molecular weight excluding hydrogens is 276 g/mol. The molecule has 9 nitrogen and oxygen atoms in total. The molecule has 0 aliphatic carbocycles. The van der Waals surface area contributed by atoms with E-state index >= 15 is 0 Å². The van der Waals surface area contributed by atoms with Crippen LogP contribution >= 0.6 is 0 Å². The molecule has 0 saturated heterocycles. The van der Waals surface area contributed by atoms with Gasteiger partial charge in [-0.15, -0.1) is 0 Å². The molecule has 0 aliphatic rings. The number of nitrogens with zero attached hydrogens (tertiary/aromatic N) is 3. The third-order valence-corrected chi connectivity index (χ3v) is 2.63. The monoisotopic (exact) mass is 296 g/mol. The van der Waals surface area contributed by atoms with Crippen LogP contribution in [0.5, 0.6) is 0 Å². The summed E-state index contributed by atoms with van der Waals surface area (Å²) < 4.78 is 0. The second kappa shape index (κ2) is 7.39. The lowest BCUT2D eigenvalue weighted by Gasteiger charge is -2.18. The molecule has 0 fully saturated rings. The van der Waals surface area contributed by atoms with Crippen molar-refractivity contribution in [1.29, 1.82) is 0 Å². The highest BCUT2D eigenvalue weighted by atomic mass is 16.6. The fraction of sp³-hybridized carbons (Fsp3) is 0.500. The Kier molecular flexibility index (Phi) is 5.85. The second-order valence-corrected chi connectivity index (χ2v) is 5.02. The Bertz CT molecular complexity index is 520. The van der Waals surface area contributed by atoms with E-state index in [4.69, 9.17) is 5.84 Å². The van der Waals surface area contributed by atoms with Crippen molar-refractivity contribution in [2.24, 2.45) is 11.8 Å². The van der Waals surface area contributed by atoms with E-state index in [-0.39, 0.29) is 29.8 Å². The van der Waals surface area contributed by atoms with Crippen LogP contribution in [0.1, 0.15) is 13.8 Å². The molecular formula is C12H20N6O3. The zero-order chi connectivity index (χ0) is 16.0. The Labute approximate surface area is 122 Å². The number of hydrogen-bond donors (Lipinski definition) is 3. The topological polar surface area (TPSA) is 126 Å². The molecule has 4 N–H and O–H groups in total. The lowest BCUT2D eigenvalue weighted by molar-refractivity contribution is -0.384. The van der Waals surface area contributed by atoms with Crippen LogP contribution in [0.15, 0.2) is 12.1 Å². The normalized spacial score (nSPS) is 10.3. The van der Waals surface area contributed by atoms with Gasteiger partial charge < -0.3 is 15.6 Å². The number of rotatable bonds is 7. The van der Waals surface area contributed by atoms with E-state index in [0.717, 1.165) is 0 Å². The van der Waals surface area contributed by atoms with Gasteiger partial charge >= 0.3 is 0 Å². The molecule has 0 radical (unpaired) electrons. The molecule has 0 atom stereocenters. The molecule has 0 saturated carbocycles. The van der Waals surface area contributed by atoms with Gasteiger partial charge in [0, 0.05) is 13.6 Å². The minimum Gasteiger partial charge on any atom is -0.354 e. The number of likely N-dealkylation sites (N-methyl/N-ethyl adjacent to an activating group) is 1. The number of hydrazine groups is 1. The zero-order valence-electron chi connectivity index (χ0n) is 12.3. The predicted octanol–water partition coefficient (Wildman–Crippen LogP) is 0.484. The first-order chi connectivity index (χ1) is 9.83. The number of hydrogen-bond acceptors (Lipinski definition) is 7. The molecule has 0 spiro atoms. The lowest BCUT2D eigenvalue weighted by atomic mass is 10.2. The number of nitro groups is 1. The maximum atomic E-state index is 11.7. The fourth-order valence-electron chi connectivity index (χ4n) is 1.55. The van der Waals surface area contributed by atoms with E-state index in [1.54, 1.807) is 7.05 Å². The number of anilines is 2. The molecule has 21 heavy (non-hydrogen) atoms. The van der Waals surface area contributed by atoms with E-state index in [0.29, 0.717) is 12.5 Å². The molecule has 1 aromatic rings. The molecule has 0 aromatic carbocycles. The van der Waals surface area contributed by atoms with Gasteiger partial charge in [-0.3, -0.25) is 14.9 Å². The van der Waals surface area contributed by atoms with Gasteiger partial charge in [-0.2, -0.15) is 0 Å². The Hall–Kier alpha value is -2.42. The van der Waals surface area contributed by atoms with Gasteiger partial charge in [-0.1, -0.05) is 13.8 Å². The number of pyridine rings is 1. The van der Waals surface area contributed by atoms with Crippen molar-refractivity contribution in [1.82, 2.24) is 10.3 Å². The van der Waals surface area contributed by atoms with Gasteiger partial charge in [0.25, 0.3) is 5.69 Å². The summed E-state index contributed by atoms with van der Waals surface area (Å²) >= 11 is 0. The lowest BCUT2D eigenvalue weighted by Crippen LogP contribution is -2.37. The van der Waals surface area contributed by atoms with Crippen molar-refractivity contribution < 1.29 is 9.72 Å². The minimum absolute atomic E-state index is 0.0465. The third kappa shape index (κ3) is 5.22. The highest BCUT2D eigenvalue weighted by Crippen LogP contribution is 2.21. The van der Waals surface area contributed by atoms with Gasteiger partial charge in [-0.25, -0.2) is 10.8 Å². The summed E-state index contributed by atoms with van der Waals surface area (Å²) in [7, 11) is 1.63. The zero-order valence-corrected chi connectivity index (χ0v) is 12.3. The first-order valence-corrected chi connectivity index (χ1v) is 6.44. The number of nitrogens with two attached hydrogens (primary N) is 1. The summed E-state index contributed by atoms with van der Waals surface area (Å²) in [4.78, 5) is 27.7. The summed E-state index contributed by atoms with van der Waals surface area (Å²) in [5, 5.41) is 13.6. The molecule has 1 rings (SSSR count). The Morgan fingerprint density at radius 2 is 2.19 bits per heavy atom. The average molecular weight is 296 g/mol. The molecule has 1 aromatic heterocycles. The van der Waals surface area contributed by atoms with Crippen LogP contribution in [-0.2, 0) is 4.79 Å². The maximum absolute atomic E-state index is 11.7. The standard InChI is InChI=1S/C12H20N6O3/c1-8(2)6-14-12(19)7-17(3)11-5-9(18(20)21)4-10(15-11)16-13/h4-5,8H,6-7,13H2,1-3H3,(H,14,19)(H,15,16). The summed E-state index contributed by atoms with van der Waals surface area (Å²) in [6.45, 7) is 4.60. The van der Waals surface area contributed by atoms with E-state index in [1.807, 2.05) is 13.8 Å². The average Bonchev–Trinajstić information content (AvgIpc) is 2.44. The number of nitrogens with one attached hydrogen (secondary N) is 2. The van der Waals surface area contributed by atoms with Crippen molar-refractivity contribution in [2.75, 3.05) is 30.5 Å². The Morgan fingerprint density at radius 3 is 2.71 bits per heavy atom. The van der Waals surface area contributed by atoms with E-state index in [9.17, 15) is 14.9 Å². The Morgan fingerprint density at radius 1 is 1.52 bits per heavy atom. The smallest absolute Gasteiger partial charge is 0.276 e. The van der Waals surface area contributed by atoms with Gasteiger partial charge in [-0.05, 0) is 5.92 Å². The minimum atomic E-state index is -0.543. The second-order valence-electron chi connectivity index (χ2n) is 5.02. The molecule has 0 unspecified atom stereocenters. The van der Waals surface area contributed by atoms with Crippen LogP contribution in [0.4, 0.5) is 17.3 Å². The van der Waals surface area contributed by atoms with Crippen molar-refractivity contribution in [3.63, 3.8) is 0 Å². The first-order valence-electron chi connectivity index (χ1n) is 6.44. The van der Waals surface area contributed by atoms with Gasteiger partial charge in [0.05, 0.1) is 23.6 Å². The van der Waals surface area contributed by atoms with Crippen molar-refractivity contribution >= 4 is 23.2 Å². The largest absolute Gasteiger partial charge is 0.354 e. The molecule has 9 heteroatoms. The molecule has 0 bridgehead atoms. The van der Waals surface area contributed by atoms with Gasteiger partial charge in [0.1, 0.15) is 11.6 Å². The van der Waals surface area contributed by atoms with Crippen LogP contribution in [0.2, 0.25) is 0 Å². The Balaban J connectivity index is 2.81. The summed E-state index contributed by atoms with van der Waals surface area (Å²) in [5.41, 5.74) is 2.12. The van der Waals surface area contributed by atoms with Crippen LogP contribution in [0.25, 0.3) is 0 Å². The van der Waals surface area contributed by atoms with Crippen LogP contribution in [0.3, 0.4) is 0 Å². The number of aromatic nitrogens is 1. The van der Waals surface area contributed by atoms with E-state index in [1.165, 1.54) is 17.0 Å². The number of carbonyl (C=O) groups excluding carboxylic acids is 1. The number of carbonyl (C=O) groups is 1. The van der Waals surface area contributed by atoms with E-state index in [2.05, 4.69) is 15.7 Å². The predicted molar refractivity (Wildman–Crippen MR) is 79.8 cm³/mol. The summed E-state index contributed by atoms with van der Waals surface area (Å²) in [5.74, 6) is 5.86. The van der Waals surface area contributed by atoms with Crippen molar-refractivity contribution in [2.45, 2.75) is 13.8 Å². The number of amides is 1. The van der Waals surface area contributed by atoms with Crippen LogP contribution in [0, 0.1) is 16.0 Å². The quantitative estimate of drug-likeness (QED) is 0.379. The molecule has 1 heterocycles. The molecule has 116 valence electrons. The van der Waals surface area contributed by atoms with Crippen LogP contribution < -0.4 is 21.5 Å². The molecule has 1 amide bonds.